The standard InChI is InChI=1S/C12H14N4.2ClH/c13-10-4-3-5-11-9(10)8-15-16(11)12-6-1-2-7-14-12;;/h1-2,6-8,10H,3-5,13H2;2*1H. The van der Waals surface area contributed by atoms with E-state index < -0.39 is 0 Å². The molecule has 2 heterocycles. The Kier molecular flexibility index (Phi) is 5.14. The molecule has 4 nitrogen and oxygen atoms in total. The second-order valence-electron chi connectivity index (χ2n) is 4.15. The summed E-state index contributed by atoms with van der Waals surface area (Å²) in [4.78, 5) is 4.31. The normalized spacial score (nSPS) is 17.3. The fourth-order valence-electron chi connectivity index (χ4n) is 2.27. The van der Waals surface area contributed by atoms with Crippen LogP contribution in [0.5, 0.6) is 0 Å². The van der Waals surface area contributed by atoms with Gasteiger partial charge in [0.1, 0.15) is 0 Å². The molecular formula is C12H16Cl2N4. The number of rotatable bonds is 1. The first-order valence-corrected chi connectivity index (χ1v) is 5.60. The first kappa shape index (κ1) is 15.0. The molecule has 1 atom stereocenters. The molecule has 0 bridgehead atoms. The molecule has 2 aromatic rings. The van der Waals surface area contributed by atoms with Crippen molar-refractivity contribution in [3.63, 3.8) is 0 Å². The molecule has 1 aliphatic rings. The van der Waals surface area contributed by atoms with Crippen molar-refractivity contribution in [2.45, 2.75) is 25.3 Å². The predicted octanol–water partition coefficient (Wildman–Crippen LogP) is 2.45. The number of fused-ring (bicyclic) bond motifs is 1. The van der Waals surface area contributed by atoms with E-state index >= 15 is 0 Å². The van der Waals surface area contributed by atoms with Gasteiger partial charge in [0.15, 0.2) is 5.82 Å². The summed E-state index contributed by atoms with van der Waals surface area (Å²) in [5, 5.41) is 4.39. The summed E-state index contributed by atoms with van der Waals surface area (Å²) in [6.45, 7) is 0. The first-order valence-electron chi connectivity index (χ1n) is 5.60. The van der Waals surface area contributed by atoms with Gasteiger partial charge in [0, 0.05) is 17.8 Å². The molecule has 2 aromatic heterocycles. The SMILES string of the molecule is Cl.Cl.NC1CCCc2c1cnn2-c1ccccn1. The van der Waals surface area contributed by atoms with Gasteiger partial charge in [0.2, 0.25) is 0 Å². The molecule has 0 spiro atoms. The van der Waals surface area contributed by atoms with Gasteiger partial charge in [-0.15, -0.1) is 24.8 Å². The molecule has 6 heteroatoms. The maximum absolute atomic E-state index is 6.06. The van der Waals surface area contributed by atoms with Crippen LogP contribution in [0.15, 0.2) is 30.6 Å². The van der Waals surface area contributed by atoms with Gasteiger partial charge in [0.05, 0.1) is 11.9 Å². The average molecular weight is 287 g/mol. The van der Waals surface area contributed by atoms with Crippen LogP contribution in [0.2, 0.25) is 0 Å². The van der Waals surface area contributed by atoms with E-state index in [1.807, 2.05) is 29.1 Å². The molecule has 1 unspecified atom stereocenters. The van der Waals surface area contributed by atoms with Gasteiger partial charge in [-0.3, -0.25) is 0 Å². The van der Waals surface area contributed by atoms with E-state index in [9.17, 15) is 0 Å². The molecule has 3 rings (SSSR count). The van der Waals surface area contributed by atoms with Crippen molar-refractivity contribution < 1.29 is 0 Å². The third-order valence-corrected chi connectivity index (χ3v) is 3.10. The molecule has 0 aliphatic heterocycles. The summed E-state index contributed by atoms with van der Waals surface area (Å²) in [5.41, 5.74) is 8.46. The molecule has 2 N–H and O–H groups in total. The van der Waals surface area contributed by atoms with E-state index in [2.05, 4.69) is 10.1 Å². The van der Waals surface area contributed by atoms with Crippen LogP contribution in [-0.4, -0.2) is 14.8 Å². The Bertz CT molecular complexity index is 498. The molecule has 98 valence electrons. The predicted molar refractivity (Wildman–Crippen MR) is 75.7 cm³/mol. The Hall–Kier alpha value is -1.10. The van der Waals surface area contributed by atoms with Crippen molar-refractivity contribution in [1.82, 2.24) is 14.8 Å². The summed E-state index contributed by atoms with van der Waals surface area (Å²) in [7, 11) is 0. The van der Waals surface area contributed by atoms with Crippen molar-refractivity contribution in [2.75, 3.05) is 0 Å². The van der Waals surface area contributed by atoms with Crippen LogP contribution in [-0.2, 0) is 6.42 Å². The van der Waals surface area contributed by atoms with Crippen LogP contribution >= 0.6 is 24.8 Å². The summed E-state index contributed by atoms with van der Waals surface area (Å²) in [6.07, 6.45) is 6.90. The largest absolute Gasteiger partial charge is 0.324 e. The van der Waals surface area contributed by atoms with Gasteiger partial charge in [-0.2, -0.15) is 5.10 Å². The van der Waals surface area contributed by atoms with Gasteiger partial charge < -0.3 is 5.73 Å². The minimum absolute atomic E-state index is 0. The summed E-state index contributed by atoms with van der Waals surface area (Å²) in [6, 6.07) is 5.99. The fourth-order valence-corrected chi connectivity index (χ4v) is 2.27. The second kappa shape index (κ2) is 6.18. The van der Waals surface area contributed by atoms with Crippen LogP contribution < -0.4 is 5.73 Å². The fraction of sp³-hybridized carbons (Fsp3) is 0.333. The number of pyridine rings is 1. The number of nitrogens with zero attached hydrogens (tertiary/aromatic N) is 3. The summed E-state index contributed by atoms with van der Waals surface area (Å²) >= 11 is 0. The molecule has 18 heavy (non-hydrogen) atoms. The van der Waals surface area contributed by atoms with Crippen molar-refractivity contribution in [1.29, 1.82) is 0 Å². The molecular weight excluding hydrogens is 271 g/mol. The van der Waals surface area contributed by atoms with Gasteiger partial charge in [-0.05, 0) is 31.4 Å². The van der Waals surface area contributed by atoms with Crippen LogP contribution in [0.25, 0.3) is 5.82 Å². The van der Waals surface area contributed by atoms with Crippen LogP contribution in [0.3, 0.4) is 0 Å². The van der Waals surface area contributed by atoms with Gasteiger partial charge in [-0.25, -0.2) is 9.67 Å². The zero-order valence-electron chi connectivity index (χ0n) is 9.82. The minimum atomic E-state index is 0. The zero-order chi connectivity index (χ0) is 11.0. The Morgan fingerprint density at radius 2 is 2.11 bits per heavy atom. The molecule has 0 saturated heterocycles. The third-order valence-electron chi connectivity index (χ3n) is 3.10. The van der Waals surface area contributed by atoms with Crippen LogP contribution in [0.1, 0.15) is 30.1 Å². The monoisotopic (exact) mass is 286 g/mol. The zero-order valence-corrected chi connectivity index (χ0v) is 11.5. The smallest absolute Gasteiger partial charge is 0.153 e. The lowest BCUT2D eigenvalue weighted by atomic mass is 9.94. The molecule has 0 aromatic carbocycles. The van der Waals surface area contributed by atoms with E-state index in [-0.39, 0.29) is 30.9 Å². The minimum Gasteiger partial charge on any atom is -0.324 e. The van der Waals surface area contributed by atoms with Crippen LogP contribution in [0, 0.1) is 0 Å². The highest BCUT2D eigenvalue weighted by atomic mass is 35.5. The molecule has 0 saturated carbocycles. The van der Waals surface area contributed by atoms with E-state index in [4.69, 9.17) is 5.73 Å². The molecule has 0 fully saturated rings. The number of aromatic nitrogens is 3. The van der Waals surface area contributed by atoms with Gasteiger partial charge in [-0.1, -0.05) is 6.07 Å². The number of hydrogen-bond acceptors (Lipinski definition) is 3. The Balaban J connectivity index is 0.000000810. The summed E-state index contributed by atoms with van der Waals surface area (Å²) < 4.78 is 1.91. The van der Waals surface area contributed by atoms with Crippen LogP contribution in [0.4, 0.5) is 0 Å². The van der Waals surface area contributed by atoms with Crippen molar-refractivity contribution in [3.8, 4) is 5.82 Å². The molecule has 0 amide bonds. The maximum atomic E-state index is 6.06. The Labute approximate surface area is 118 Å². The second-order valence-corrected chi connectivity index (χ2v) is 4.15. The summed E-state index contributed by atoms with van der Waals surface area (Å²) in [5.74, 6) is 0.873. The van der Waals surface area contributed by atoms with Crippen molar-refractivity contribution in [2.24, 2.45) is 5.73 Å². The Morgan fingerprint density at radius 1 is 1.28 bits per heavy atom. The lowest BCUT2D eigenvalue weighted by Crippen LogP contribution is -2.18. The number of halogens is 2. The highest BCUT2D eigenvalue weighted by molar-refractivity contribution is 5.85. The van der Waals surface area contributed by atoms with Crippen molar-refractivity contribution >= 4 is 24.8 Å². The average Bonchev–Trinajstić information content (AvgIpc) is 2.75. The molecule has 1 aliphatic carbocycles. The number of hydrogen-bond donors (Lipinski definition) is 1. The topological polar surface area (TPSA) is 56.7 Å². The van der Waals surface area contributed by atoms with E-state index in [0.29, 0.717) is 0 Å². The van der Waals surface area contributed by atoms with E-state index in [1.54, 1.807) is 6.20 Å². The molecule has 0 radical (unpaired) electrons. The lowest BCUT2D eigenvalue weighted by molar-refractivity contribution is 0.557. The number of nitrogens with two attached hydrogens (primary N) is 1. The highest BCUT2D eigenvalue weighted by Crippen LogP contribution is 2.28. The first-order chi connectivity index (χ1) is 7.86. The quantitative estimate of drug-likeness (QED) is 0.876. The van der Waals surface area contributed by atoms with E-state index in [0.717, 1.165) is 25.1 Å². The van der Waals surface area contributed by atoms with Gasteiger partial charge >= 0.3 is 0 Å². The third kappa shape index (κ3) is 2.51. The Morgan fingerprint density at radius 3 is 2.83 bits per heavy atom. The van der Waals surface area contributed by atoms with E-state index in [1.165, 1.54) is 11.3 Å². The highest BCUT2D eigenvalue weighted by Gasteiger charge is 2.21. The maximum Gasteiger partial charge on any atom is 0.153 e. The lowest BCUT2D eigenvalue weighted by Gasteiger charge is -2.19. The van der Waals surface area contributed by atoms with Gasteiger partial charge in [0.25, 0.3) is 0 Å². The van der Waals surface area contributed by atoms with Crippen molar-refractivity contribution in [3.05, 3.63) is 41.9 Å².